The van der Waals surface area contributed by atoms with Crippen molar-refractivity contribution < 1.29 is 0 Å². The zero-order valence-corrected chi connectivity index (χ0v) is 16.4. The summed E-state index contributed by atoms with van der Waals surface area (Å²) in [5.74, 6) is 0.827. The number of para-hydroxylation sites is 1. The number of aromatic nitrogens is 2. The number of H-pyrrole nitrogens is 1. The van der Waals surface area contributed by atoms with Crippen LogP contribution in [0.5, 0.6) is 0 Å². The van der Waals surface area contributed by atoms with E-state index in [0.29, 0.717) is 0 Å². The summed E-state index contributed by atoms with van der Waals surface area (Å²) in [6.07, 6.45) is 7.19. The maximum absolute atomic E-state index is 4.27. The predicted octanol–water partition coefficient (Wildman–Crippen LogP) is 3.03. The van der Waals surface area contributed by atoms with E-state index in [1.54, 1.807) is 7.05 Å². The minimum Gasteiger partial charge on any atom is -0.361 e. The Balaban J connectivity index is 0.00000208. The molecule has 24 heavy (non-hydrogen) atoms. The molecule has 2 heterocycles. The highest BCUT2D eigenvalue weighted by Crippen LogP contribution is 2.17. The van der Waals surface area contributed by atoms with Crippen LogP contribution in [-0.4, -0.2) is 29.1 Å². The van der Waals surface area contributed by atoms with Gasteiger partial charge in [0, 0.05) is 56.7 Å². The number of aromatic amines is 1. The third-order valence-electron chi connectivity index (χ3n) is 3.94. The number of aryl methyl sites for hydroxylation is 1. The van der Waals surface area contributed by atoms with Crippen molar-refractivity contribution in [3.05, 3.63) is 60.0 Å². The molecule has 1 aromatic carbocycles. The first-order valence-corrected chi connectivity index (χ1v) is 7.86. The van der Waals surface area contributed by atoms with Crippen molar-refractivity contribution in [1.82, 2.24) is 20.2 Å². The fraction of sp³-hybridized carbons (Fsp3) is 0.278. The highest BCUT2D eigenvalue weighted by molar-refractivity contribution is 14.0. The summed E-state index contributed by atoms with van der Waals surface area (Å²) in [5.41, 5.74) is 3.76. The molecule has 3 aromatic rings. The Bertz CT molecular complexity index is 802. The smallest absolute Gasteiger partial charge is 0.191 e. The number of nitrogens with one attached hydrogen (secondary N) is 3. The number of benzene rings is 1. The van der Waals surface area contributed by atoms with Gasteiger partial charge in [-0.3, -0.25) is 4.99 Å². The fourth-order valence-electron chi connectivity index (χ4n) is 2.73. The average molecular weight is 437 g/mol. The molecule has 128 valence electrons. The van der Waals surface area contributed by atoms with Crippen LogP contribution in [0.3, 0.4) is 0 Å². The number of fused-ring (bicyclic) bond motifs is 1. The van der Waals surface area contributed by atoms with Crippen LogP contribution in [0.25, 0.3) is 10.9 Å². The second-order valence-electron chi connectivity index (χ2n) is 5.65. The molecule has 6 heteroatoms. The van der Waals surface area contributed by atoms with Crippen molar-refractivity contribution in [2.75, 3.05) is 13.6 Å². The molecule has 0 unspecified atom stereocenters. The first kappa shape index (κ1) is 18.4. The zero-order chi connectivity index (χ0) is 16.1. The maximum atomic E-state index is 4.27. The van der Waals surface area contributed by atoms with Crippen molar-refractivity contribution in [1.29, 1.82) is 0 Å². The lowest BCUT2D eigenvalue weighted by Gasteiger charge is -2.11. The van der Waals surface area contributed by atoms with Crippen LogP contribution in [-0.2, 0) is 20.0 Å². The molecule has 0 aliphatic rings. The molecule has 0 fully saturated rings. The molecular formula is C18H24IN5. The van der Waals surface area contributed by atoms with Gasteiger partial charge in [0.2, 0.25) is 0 Å². The van der Waals surface area contributed by atoms with Gasteiger partial charge in [0.1, 0.15) is 0 Å². The lowest BCUT2D eigenvalue weighted by Crippen LogP contribution is -2.37. The van der Waals surface area contributed by atoms with E-state index in [-0.39, 0.29) is 24.0 Å². The molecule has 0 aliphatic carbocycles. The molecule has 3 rings (SSSR count). The first-order valence-electron chi connectivity index (χ1n) is 7.86. The van der Waals surface area contributed by atoms with E-state index in [2.05, 4.69) is 63.3 Å². The second kappa shape index (κ2) is 8.77. The summed E-state index contributed by atoms with van der Waals surface area (Å²) in [6.45, 7) is 1.61. The Morgan fingerprint density at radius 1 is 1.21 bits per heavy atom. The van der Waals surface area contributed by atoms with Crippen molar-refractivity contribution >= 4 is 40.8 Å². The van der Waals surface area contributed by atoms with Crippen LogP contribution in [0.2, 0.25) is 0 Å². The molecule has 3 N–H and O–H groups in total. The van der Waals surface area contributed by atoms with Gasteiger partial charge in [-0.15, -0.1) is 24.0 Å². The molecule has 5 nitrogen and oxygen atoms in total. The third kappa shape index (κ3) is 4.53. The van der Waals surface area contributed by atoms with Gasteiger partial charge in [0.15, 0.2) is 5.96 Å². The van der Waals surface area contributed by atoms with Gasteiger partial charge in [-0.05, 0) is 29.7 Å². The lowest BCUT2D eigenvalue weighted by atomic mass is 10.1. The Labute approximate surface area is 159 Å². The number of halogens is 1. The quantitative estimate of drug-likeness (QED) is 0.327. The van der Waals surface area contributed by atoms with Crippen LogP contribution in [0.15, 0.2) is 53.9 Å². The Kier molecular flexibility index (Phi) is 6.72. The summed E-state index contributed by atoms with van der Waals surface area (Å²) in [4.78, 5) is 7.58. The standard InChI is InChI=1S/C18H23N5.HI/c1-19-18(22-11-14-8-10-23(2)13-14)20-9-7-15-12-21-17-6-4-3-5-16(15)17;/h3-6,8,10,12-13,21H,7,9,11H2,1-2H3,(H2,19,20,22);1H. The number of hydrogen-bond acceptors (Lipinski definition) is 1. The van der Waals surface area contributed by atoms with Crippen LogP contribution < -0.4 is 10.6 Å². The summed E-state index contributed by atoms with van der Waals surface area (Å²) >= 11 is 0. The Hall–Kier alpha value is -1.96. The van der Waals surface area contributed by atoms with Crippen molar-refractivity contribution in [2.45, 2.75) is 13.0 Å². The normalized spacial score (nSPS) is 11.3. The number of guanidine groups is 1. The molecule has 0 atom stereocenters. The molecule has 0 aliphatic heterocycles. The Morgan fingerprint density at radius 3 is 2.79 bits per heavy atom. The molecule has 0 saturated heterocycles. The van der Waals surface area contributed by atoms with E-state index >= 15 is 0 Å². The number of rotatable bonds is 5. The van der Waals surface area contributed by atoms with Gasteiger partial charge in [0.05, 0.1) is 0 Å². The molecular weight excluding hydrogens is 413 g/mol. The van der Waals surface area contributed by atoms with Crippen molar-refractivity contribution in [2.24, 2.45) is 12.0 Å². The lowest BCUT2D eigenvalue weighted by molar-refractivity contribution is 0.794. The third-order valence-corrected chi connectivity index (χ3v) is 3.94. The van der Waals surface area contributed by atoms with Gasteiger partial charge < -0.3 is 20.2 Å². The molecule has 0 saturated carbocycles. The molecule has 0 radical (unpaired) electrons. The van der Waals surface area contributed by atoms with Crippen molar-refractivity contribution in [3.8, 4) is 0 Å². The summed E-state index contributed by atoms with van der Waals surface area (Å²) in [7, 11) is 3.82. The average Bonchev–Trinajstić information content (AvgIpc) is 3.17. The fourth-order valence-corrected chi connectivity index (χ4v) is 2.73. The van der Waals surface area contributed by atoms with Gasteiger partial charge in [-0.25, -0.2) is 0 Å². The first-order chi connectivity index (χ1) is 11.3. The number of hydrogen-bond donors (Lipinski definition) is 3. The van der Waals surface area contributed by atoms with Crippen molar-refractivity contribution in [3.63, 3.8) is 0 Å². The number of aliphatic imine (C=N–C) groups is 1. The highest BCUT2D eigenvalue weighted by Gasteiger charge is 2.03. The molecule has 0 amide bonds. The summed E-state index contributed by atoms with van der Waals surface area (Å²) in [5, 5.41) is 7.99. The van der Waals surface area contributed by atoms with E-state index in [1.165, 1.54) is 22.0 Å². The van der Waals surface area contributed by atoms with E-state index in [0.717, 1.165) is 25.5 Å². The van der Waals surface area contributed by atoms with Crippen LogP contribution in [0, 0.1) is 0 Å². The minimum absolute atomic E-state index is 0. The van der Waals surface area contributed by atoms with E-state index < -0.39 is 0 Å². The van der Waals surface area contributed by atoms with E-state index in [9.17, 15) is 0 Å². The monoisotopic (exact) mass is 437 g/mol. The second-order valence-corrected chi connectivity index (χ2v) is 5.65. The topological polar surface area (TPSA) is 57.1 Å². The molecule has 0 bridgehead atoms. The summed E-state index contributed by atoms with van der Waals surface area (Å²) in [6, 6.07) is 10.5. The van der Waals surface area contributed by atoms with Crippen LogP contribution in [0.1, 0.15) is 11.1 Å². The highest BCUT2D eigenvalue weighted by atomic mass is 127. The van der Waals surface area contributed by atoms with E-state index in [4.69, 9.17) is 0 Å². The predicted molar refractivity (Wildman–Crippen MR) is 111 cm³/mol. The van der Waals surface area contributed by atoms with Gasteiger partial charge in [0.25, 0.3) is 0 Å². The van der Waals surface area contributed by atoms with Crippen LogP contribution >= 0.6 is 24.0 Å². The van der Waals surface area contributed by atoms with Gasteiger partial charge in [-0.1, -0.05) is 18.2 Å². The number of nitrogens with zero attached hydrogens (tertiary/aromatic N) is 2. The summed E-state index contributed by atoms with van der Waals surface area (Å²) < 4.78 is 2.05. The molecule has 0 spiro atoms. The maximum Gasteiger partial charge on any atom is 0.191 e. The van der Waals surface area contributed by atoms with E-state index in [1.807, 2.05) is 17.8 Å². The minimum atomic E-state index is 0. The van der Waals surface area contributed by atoms with Gasteiger partial charge >= 0.3 is 0 Å². The Morgan fingerprint density at radius 2 is 2.04 bits per heavy atom. The van der Waals surface area contributed by atoms with Gasteiger partial charge in [-0.2, -0.15) is 0 Å². The zero-order valence-electron chi connectivity index (χ0n) is 14.0. The van der Waals surface area contributed by atoms with Crippen LogP contribution in [0.4, 0.5) is 0 Å². The largest absolute Gasteiger partial charge is 0.361 e. The SMILES string of the molecule is CN=C(NCCc1c[nH]c2ccccc12)NCc1ccn(C)c1.I. The molecule has 2 aromatic heterocycles.